The Kier molecular flexibility index (Phi) is 8.97. The van der Waals surface area contributed by atoms with Gasteiger partial charge in [-0.1, -0.05) is 46.8 Å². The Hall–Kier alpha value is -5.75. The third-order valence-corrected chi connectivity index (χ3v) is 7.93. The maximum Gasteiger partial charge on any atom is 0.218 e. The minimum absolute atomic E-state index is 0.208. The van der Waals surface area contributed by atoms with E-state index in [1.54, 1.807) is 23.6 Å². The van der Waals surface area contributed by atoms with Gasteiger partial charge in [0.2, 0.25) is 11.8 Å². The molecule has 0 unspecified atom stereocenters. The van der Waals surface area contributed by atoms with Gasteiger partial charge >= 0.3 is 0 Å². The third-order valence-electron chi connectivity index (χ3n) is 7.62. The van der Waals surface area contributed by atoms with Gasteiger partial charge in [-0.15, -0.1) is 21.8 Å². The molecule has 0 spiro atoms. The fraction of sp³-hybridized carbons (Fsp3) is 0.200. The summed E-state index contributed by atoms with van der Waals surface area (Å²) in [4.78, 5) is 9.24. The normalized spacial score (nSPS) is 11.2. The molecule has 7 aromatic rings. The van der Waals surface area contributed by atoms with E-state index in [0.717, 1.165) is 38.5 Å². The van der Waals surface area contributed by atoms with Crippen molar-refractivity contribution in [3.63, 3.8) is 0 Å². The second kappa shape index (κ2) is 13.9. The second-order valence-corrected chi connectivity index (χ2v) is 11.3. The number of methoxy groups -OCH3 is 2. The van der Waals surface area contributed by atoms with Gasteiger partial charge in [0, 0.05) is 33.8 Å². The Bertz CT molecular complexity index is 2050. The quantitative estimate of drug-likeness (QED) is 0.136. The van der Waals surface area contributed by atoms with Crippen molar-refractivity contribution >= 4 is 33.4 Å². The van der Waals surface area contributed by atoms with Gasteiger partial charge in [0.1, 0.15) is 36.1 Å². The number of alkyl halides is 1. The summed E-state index contributed by atoms with van der Waals surface area (Å²) in [7, 11) is 3.22. The lowest BCUT2D eigenvalue weighted by Crippen LogP contribution is -2.04. The van der Waals surface area contributed by atoms with Crippen LogP contribution in [0.5, 0.6) is 23.3 Å². The number of fused-ring (bicyclic) bond motifs is 2. The number of hydrogen-bond acceptors (Lipinski definition) is 10. The Balaban J connectivity index is 0.981. The molecule has 0 radical (unpaired) electrons. The van der Waals surface area contributed by atoms with Crippen LogP contribution in [0.25, 0.3) is 21.8 Å². The van der Waals surface area contributed by atoms with Crippen LogP contribution in [0.15, 0.2) is 91.3 Å². The van der Waals surface area contributed by atoms with Gasteiger partial charge in [-0.2, -0.15) is 0 Å². The lowest BCUT2D eigenvalue weighted by atomic mass is 10.1. The number of aromatic nitrogens is 8. The molecular weight excluding hydrogens is 632 g/mol. The van der Waals surface area contributed by atoms with Crippen molar-refractivity contribution in [2.45, 2.75) is 32.2 Å². The Morgan fingerprint density at radius 1 is 0.625 bits per heavy atom. The molecule has 12 nitrogen and oxygen atoms in total. The Morgan fingerprint density at radius 3 is 1.56 bits per heavy atom. The van der Waals surface area contributed by atoms with Crippen LogP contribution in [0, 0.1) is 0 Å². The van der Waals surface area contributed by atoms with Crippen molar-refractivity contribution in [2.75, 3.05) is 14.2 Å². The van der Waals surface area contributed by atoms with Crippen LogP contribution in [-0.4, -0.2) is 54.2 Å². The number of halogens is 1. The fourth-order valence-corrected chi connectivity index (χ4v) is 5.52. The first-order chi connectivity index (χ1) is 23.6. The zero-order valence-corrected chi connectivity index (χ0v) is 27.0. The monoisotopic (exact) mass is 662 g/mol. The predicted molar refractivity (Wildman–Crippen MR) is 180 cm³/mol. The number of rotatable bonds is 13. The molecule has 0 aliphatic rings. The van der Waals surface area contributed by atoms with Crippen molar-refractivity contribution < 1.29 is 18.9 Å². The SMILES string of the molecule is COc1nc2ccccc2cc1Cn1cc(COc2cc(CCl)cc(OCc3cn(Cc4cc5ccccc5nc4OC)nn3)c2)nn1. The van der Waals surface area contributed by atoms with Crippen LogP contribution in [0.4, 0.5) is 0 Å². The first-order valence-corrected chi connectivity index (χ1v) is 15.7. The number of ether oxygens (including phenoxy) is 4. The first-order valence-electron chi connectivity index (χ1n) is 15.2. The predicted octanol–water partition coefficient (Wildman–Crippen LogP) is 5.98. The fourth-order valence-electron chi connectivity index (χ4n) is 5.37. The molecule has 0 aliphatic carbocycles. The van der Waals surface area contributed by atoms with Gasteiger partial charge in [0.25, 0.3) is 0 Å². The topological polar surface area (TPSA) is 124 Å². The van der Waals surface area contributed by atoms with Crippen molar-refractivity contribution in [1.82, 2.24) is 40.0 Å². The second-order valence-electron chi connectivity index (χ2n) is 11.0. The van der Waals surface area contributed by atoms with E-state index in [9.17, 15) is 0 Å². The first kappa shape index (κ1) is 30.9. The van der Waals surface area contributed by atoms with Crippen LogP contribution >= 0.6 is 11.6 Å². The number of hydrogen-bond donors (Lipinski definition) is 0. The summed E-state index contributed by atoms with van der Waals surface area (Å²) < 4.78 is 26.7. The summed E-state index contributed by atoms with van der Waals surface area (Å²) in [5.41, 5.74) is 5.72. The van der Waals surface area contributed by atoms with E-state index in [0.29, 0.717) is 53.6 Å². The molecule has 4 heterocycles. The van der Waals surface area contributed by atoms with E-state index in [1.165, 1.54) is 0 Å². The zero-order valence-electron chi connectivity index (χ0n) is 26.3. The molecule has 0 bridgehead atoms. The van der Waals surface area contributed by atoms with E-state index >= 15 is 0 Å². The molecule has 4 aromatic heterocycles. The Labute approximate surface area is 280 Å². The summed E-state index contributed by atoms with van der Waals surface area (Å²) in [5, 5.41) is 19.2. The van der Waals surface area contributed by atoms with E-state index in [1.807, 2.05) is 79.1 Å². The highest BCUT2D eigenvalue weighted by Crippen LogP contribution is 2.27. The highest BCUT2D eigenvalue weighted by atomic mass is 35.5. The number of nitrogens with zero attached hydrogens (tertiary/aromatic N) is 8. The maximum absolute atomic E-state index is 6.19. The standard InChI is InChI=1S/C35H31ClN8O4/c1-45-34-26(13-24-7-3-5-9-32(24)37-34)17-43-19-28(39-41-43)21-47-30-11-23(16-36)12-31(15-30)48-22-29-20-44(42-40-29)18-27-14-25-8-4-6-10-33(25)38-35(27)46-2/h3-15,19-20H,16-18,21-22H2,1-2H3. The van der Waals surface area contributed by atoms with Gasteiger partial charge in [0.15, 0.2) is 0 Å². The number of pyridine rings is 2. The summed E-state index contributed by atoms with van der Waals surface area (Å²) in [6, 6.07) is 25.5. The van der Waals surface area contributed by atoms with E-state index in [2.05, 4.69) is 42.7 Å². The van der Waals surface area contributed by atoms with Gasteiger partial charge in [-0.25, -0.2) is 19.3 Å². The van der Waals surface area contributed by atoms with Crippen molar-refractivity contribution in [2.24, 2.45) is 0 Å². The molecule has 242 valence electrons. The molecule has 7 rings (SSSR count). The van der Waals surface area contributed by atoms with Gasteiger partial charge in [-0.3, -0.25) is 0 Å². The molecule has 0 aliphatic heterocycles. The molecule has 0 amide bonds. The van der Waals surface area contributed by atoms with Crippen molar-refractivity contribution in [3.8, 4) is 23.3 Å². The van der Waals surface area contributed by atoms with Crippen LogP contribution < -0.4 is 18.9 Å². The highest BCUT2D eigenvalue weighted by Gasteiger charge is 2.13. The largest absolute Gasteiger partial charge is 0.487 e. The average molecular weight is 663 g/mol. The summed E-state index contributed by atoms with van der Waals surface area (Å²) in [6.45, 7) is 1.31. The van der Waals surface area contributed by atoms with E-state index in [4.69, 9.17) is 30.5 Å². The maximum atomic E-state index is 6.19. The zero-order chi connectivity index (χ0) is 32.9. The molecule has 0 atom stereocenters. The average Bonchev–Trinajstić information content (AvgIpc) is 3.78. The minimum Gasteiger partial charge on any atom is -0.487 e. The van der Waals surface area contributed by atoms with Crippen LogP contribution in [0.3, 0.4) is 0 Å². The van der Waals surface area contributed by atoms with E-state index in [-0.39, 0.29) is 13.2 Å². The van der Waals surface area contributed by atoms with Crippen LogP contribution in [0.1, 0.15) is 28.1 Å². The summed E-state index contributed by atoms with van der Waals surface area (Å²) >= 11 is 6.19. The molecule has 48 heavy (non-hydrogen) atoms. The molecule has 0 N–H and O–H groups in total. The minimum atomic E-state index is 0.208. The number of benzene rings is 3. The lowest BCUT2D eigenvalue weighted by Gasteiger charge is -2.10. The highest BCUT2D eigenvalue weighted by molar-refractivity contribution is 6.17. The molecule has 0 saturated heterocycles. The number of para-hydroxylation sites is 2. The summed E-state index contributed by atoms with van der Waals surface area (Å²) in [5.74, 6) is 2.59. The van der Waals surface area contributed by atoms with Gasteiger partial charge in [-0.05, 0) is 42.0 Å². The van der Waals surface area contributed by atoms with Crippen LogP contribution in [0.2, 0.25) is 0 Å². The molecule has 3 aromatic carbocycles. The molecule has 13 heteroatoms. The van der Waals surface area contributed by atoms with Gasteiger partial charge in [0.05, 0.1) is 50.7 Å². The lowest BCUT2D eigenvalue weighted by molar-refractivity contribution is 0.285. The smallest absolute Gasteiger partial charge is 0.218 e. The van der Waals surface area contributed by atoms with Crippen LogP contribution in [-0.2, 0) is 32.2 Å². The van der Waals surface area contributed by atoms with Crippen molar-refractivity contribution in [3.05, 3.63) is 119 Å². The molecule has 0 fully saturated rings. The Morgan fingerprint density at radius 2 is 1.10 bits per heavy atom. The third kappa shape index (κ3) is 6.98. The summed E-state index contributed by atoms with van der Waals surface area (Å²) in [6.07, 6.45) is 3.68. The molecular formula is C35H31ClN8O4. The molecule has 0 saturated carbocycles. The van der Waals surface area contributed by atoms with Crippen molar-refractivity contribution in [1.29, 1.82) is 0 Å². The van der Waals surface area contributed by atoms with E-state index < -0.39 is 0 Å². The van der Waals surface area contributed by atoms with Gasteiger partial charge < -0.3 is 18.9 Å².